The van der Waals surface area contributed by atoms with Gasteiger partial charge in [0.1, 0.15) is 5.75 Å². The molecule has 0 bridgehead atoms. The van der Waals surface area contributed by atoms with Crippen LogP contribution in [-0.4, -0.2) is 7.11 Å². The minimum absolute atomic E-state index is 0.0225. The fourth-order valence-electron chi connectivity index (χ4n) is 4.30. The molecule has 0 atom stereocenters. The van der Waals surface area contributed by atoms with Gasteiger partial charge in [0.2, 0.25) is 0 Å². The van der Waals surface area contributed by atoms with Gasteiger partial charge < -0.3 is 4.74 Å². The standard InChI is InChI=1S/C27H14F6O/c1-34-15-9-6-13(7-10-15)20-16-4-2-3-5-17(16)21(14-8-11-18(28)19(29)12-14)23-22(20)24(30)26(32)27(33)25(23)31/h2-12H,1H3. The quantitative estimate of drug-likeness (QED) is 0.112. The Hall–Kier alpha value is -4.00. The van der Waals surface area contributed by atoms with Gasteiger partial charge >= 0.3 is 0 Å². The maximum Gasteiger partial charge on any atom is 0.198 e. The highest BCUT2D eigenvalue weighted by Gasteiger charge is 2.28. The Morgan fingerprint density at radius 2 is 1.03 bits per heavy atom. The van der Waals surface area contributed by atoms with Gasteiger partial charge in [-0.05, 0) is 46.2 Å². The summed E-state index contributed by atoms with van der Waals surface area (Å²) in [6, 6.07) is 15.6. The lowest BCUT2D eigenvalue weighted by atomic mass is 9.85. The van der Waals surface area contributed by atoms with E-state index in [0.717, 1.165) is 12.1 Å². The number of hydrogen-bond acceptors (Lipinski definition) is 1. The zero-order valence-corrected chi connectivity index (χ0v) is 17.5. The number of halogens is 6. The molecule has 0 spiro atoms. The van der Waals surface area contributed by atoms with Gasteiger partial charge in [0.05, 0.1) is 7.11 Å². The van der Waals surface area contributed by atoms with Gasteiger partial charge in [-0.3, -0.25) is 0 Å². The summed E-state index contributed by atoms with van der Waals surface area (Å²) in [7, 11) is 1.46. The van der Waals surface area contributed by atoms with Crippen molar-refractivity contribution in [2.24, 2.45) is 0 Å². The Kier molecular flexibility index (Phi) is 5.20. The number of benzene rings is 5. The second-order valence-corrected chi connectivity index (χ2v) is 7.66. The number of fused-ring (bicyclic) bond motifs is 2. The summed E-state index contributed by atoms with van der Waals surface area (Å²) < 4.78 is 92.5. The molecule has 34 heavy (non-hydrogen) atoms. The molecular formula is C27H14F6O. The lowest BCUT2D eigenvalue weighted by Gasteiger charge is -2.19. The van der Waals surface area contributed by atoms with Crippen LogP contribution in [0.1, 0.15) is 0 Å². The topological polar surface area (TPSA) is 9.23 Å². The van der Waals surface area contributed by atoms with Crippen molar-refractivity contribution in [2.75, 3.05) is 7.11 Å². The maximum atomic E-state index is 15.4. The van der Waals surface area contributed by atoms with Crippen molar-refractivity contribution in [3.63, 3.8) is 0 Å². The lowest BCUT2D eigenvalue weighted by Crippen LogP contribution is -2.02. The van der Waals surface area contributed by atoms with Crippen LogP contribution in [0.3, 0.4) is 0 Å². The molecule has 5 rings (SSSR count). The van der Waals surface area contributed by atoms with Crippen LogP contribution in [0.5, 0.6) is 5.75 Å². The van der Waals surface area contributed by atoms with E-state index in [4.69, 9.17) is 4.74 Å². The van der Waals surface area contributed by atoms with E-state index >= 15 is 8.78 Å². The van der Waals surface area contributed by atoms with E-state index in [-0.39, 0.29) is 16.7 Å². The summed E-state index contributed by atoms with van der Waals surface area (Å²) in [5, 5.41) is -0.396. The Bertz CT molecular complexity index is 1590. The first-order valence-electron chi connectivity index (χ1n) is 10.1. The predicted octanol–water partition coefficient (Wildman–Crippen LogP) is 8.17. The molecule has 0 N–H and O–H groups in total. The first-order valence-corrected chi connectivity index (χ1v) is 10.1. The first kappa shape index (κ1) is 21.8. The molecule has 0 aliphatic carbocycles. The summed E-state index contributed by atoms with van der Waals surface area (Å²) in [6.07, 6.45) is 0. The van der Waals surface area contributed by atoms with Gasteiger partial charge in [-0.2, -0.15) is 0 Å². The van der Waals surface area contributed by atoms with Crippen LogP contribution >= 0.6 is 0 Å². The van der Waals surface area contributed by atoms with Crippen molar-refractivity contribution in [2.45, 2.75) is 0 Å². The number of rotatable bonds is 3. The minimum Gasteiger partial charge on any atom is -0.497 e. The molecular weight excluding hydrogens is 454 g/mol. The van der Waals surface area contributed by atoms with E-state index < -0.39 is 45.7 Å². The van der Waals surface area contributed by atoms with E-state index in [1.54, 1.807) is 48.5 Å². The fraction of sp³-hybridized carbons (Fsp3) is 0.0370. The van der Waals surface area contributed by atoms with Crippen LogP contribution < -0.4 is 4.74 Å². The average molecular weight is 468 g/mol. The number of ether oxygens (including phenoxy) is 1. The molecule has 0 fully saturated rings. The fourth-order valence-corrected chi connectivity index (χ4v) is 4.30. The third kappa shape index (κ3) is 3.19. The number of methoxy groups -OCH3 is 1. The van der Waals surface area contributed by atoms with Gasteiger partial charge in [-0.1, -0.05) is 42.5 Å². The van der Waals surface area contributed by atoms with Crippen LogP contribution in [0, 0.1) is 34.9 Å². The van der Waals surface area contributed by atoms with Crippen LogP contribution in [0.25, 0.3) is 43.8 Å². The summed E-state index contributed by atoms with van der Waals surface area (Å²) in [5.74, 6) is -9.05. The van der Waals surface area contributed by atoms with Gasteiger partial charge in [-0.15, -0.1) is 0 Å². The van der Waals surface area contributed by atoms with Gasteiger partial charge in [0.25, 0.3) is 0 Å². The maximum absolute atomic E-state index is 15.4. The SMILES string of the molecule is COc1ccc(-c2c3ccccc3c(-c3ccc(F)c(F)c3)c3c(F)c(F)c(F)c(F)c23)cc1. The molecule has 5 aromatic rings. The van der Waals surface area contributed by atoms with Crippen molar-refractivity contribution in [3.05, 3.63) is 102 Å². The molecule has 0 unspecified atom stereocenters. The second kappa shape index (κ2) is 8.09. The highest BCUT2D eigenvalue weighted by Crippen LogP contribution is 2.46. The summed E-state index contributed by atoms with van der Waals surface area (Å²) in [5.41, 5.74) is 0.404. The largest absolute Gasteiger partial charge is 0.497 e. The van der Waals surface area contributed by atoms with Crippen LogP contribution in [-0.2, 0) is 0 Å². The van der Waals surface area contributed by atoms with Crippen molar-refractivity contribution in [1.29, 1.82) is 0 Å². The molecule has 0 aliphatic heterocycles. The second-order valence-electron chi connectivity index (χ2n) is 7.66. The Morgan fingerprint density at radius 1 is 0.529 bits per heavy atom. The zero-order valence-electron chi connectivity index (χ0n) is 17.5. The van der Waals surface area contributed by atoms with Crippen molar-refractivity contribution in [1.82, 2.24) is 0 Å². The molecule has 7 heteroatoms. The summed E-state index contributed by atoms with van der Waals surface area (Å²) in [6.45, 7) is 0. The van der Waals surface area contributed by atoms with Gasteiger partial charge in [0, 0.05) is 21.9 Å². The molecule has 0 amide bonds. The van der Waals surface area contributed by atoms with Crippen LogP contribution in [0.2, 0.25) is 0 Å². The smallest absolute Gasteiger partial charge is 0.198 e. The Labute approximate surface area is 189 Å². The van der Waals surface area contributed by atoms with E-state index in [1.165, 1.54) is 13.2 Å². The molecule has 0 heterocycles. The molecule has 0 saturated carbocycles. The molecule has 1 nitrogen and oxygen atoms in total. The van der Waals surface area contributed by atoms with E-state index in [0.29, 0.717) is 22.1 Å². The molecule has 0 aromatic heterocycles. The zero-order chi connectivity index (χ0) is 24.1. The third-order valence-electron chi connectivity index (χ3n) is 5.82. The summed E-state index contributed by atoms with van der Waals surface area (Å²) in [4.78, 5) is 0. The first-order chi connectivity index (χ1) is 16.3. The summed E-state index contributed by atoms with van der Waals surface area (Å²) >= 11 is 0. The van der Waals surface area contributed by atoms with E-state index in [2.05, 4.69) is 0 Å². The monoisotopic (exact) mass is 468 g/mol. The molecule has 0 saturated heterocycles. The molecule has 170 valence electrons. The Morgan fingerprint density at radius 3 is 1.53 bits per heavy atom. The highest BCUT2D eigenvalue weighted by molar-refractivity contribution is 6.21. The van der Waals surface area contributed by atoms with Crippen molar-refractivity contribution >= 4 is 21.5 Å². The highest BCUT2D eigenvalue weighted by atomic mass is 19.2. The van der Waals surface area contributed by atoms with Gasteiger partial charge in [0.15, 0.2) is 34.9 Å². The predicted molar refractivity (Wildman–Crippen MR) is 119 cm³/mol. The lowest BCUT2D eigenvalue weighted by molar-refractivity contribution is 0.415. The normalized spacial score (nSPS) is 11.4. The van der Waals surface area contributed by atoms with Crippen molar-refractivity contribution < 1.29 is 31.1 Å². The minimum atomic E-state index is -2.00. The number of hydrogen-bond donors (Lipinski definition) is 0. The Balaban J connectivity index is 2.06. The third-order valence-corrected chi connectivity index (χ3v) is 5.82. The van der Waals surface area contributed by atoms with Crippen LogP contribution in [0.4, 0.5) is 26.3 Å². The van der Waals surface area contributed by atoms with Crippen LogP contribution in [0.15, 0.2) is 66.7 Å². The average Bonchev–Trinajstić information content (AvgIpc) is 2.86. The van der Waals surface area contributed by atoms with E-state index in [1.807, 2.05) is 0 Å². The molecule has 5 aromatic carbocycles. The van der Waals surface area contributed by atoms with Gasteiger partial charge in [-0.25, -0.2) is 26.3 Å². The van der Waals surface area contributed by atoms with E-state index in [9.17, 15) is 17.6 Å². The van der Waals surface area contributed by atoms with Crippen molar-refractivity contribution in [3.8, 4) is 28.0 Å². The molecule has 0 aliphatic rings. The molecule has 0 radical (unpaired) electrons.